The molecular weight excluding hydrogens is 895 g/mol. The number of azo groups is 2. The quantitative estimate of drug-likeness (QED) is 0.124. The van der Waals surface area contributed by atoms with Crippen LogP contribution < -0.4 is 26.5 Å². The van der Waals surface area contributed by atoms with Crippen LogP contribution in [0, 0.1) is 13.8 Å². The van der Waals surface area contributed by atoms with Crippen LogP contribution in [0.1, 0.15) is 32.1 Å². The molecule has 0 unspecified atom stereocenters. The fraction of sp³-hybridized carbons (Fsp3) is 0.0588. The number of hydrogen-bond donors (Lipinski definition) is 5. The molecule has 306 valence electrons. The van der Waals surface area contributed by atoms with Gasteiger partial charge in [-0.25, -0.2) is 32.9 Å². The van der Waals surface area contributed by atoms with Gasteiger partial charge in [-0.2, -0.15) is 8.42 Å². The maximum Gasteiger partial charge on any atom is 0.338 e. The summed E-state index contributed by atoms with van der Waals surface area (Å²) in [4.78, 5) is 47.4. The monoisotopic (exact) mass is 922 g/mol. The Hall–Kier alpha value is -6.03. The number of carbonyl (C=O) groups is 2. The number of H-pyrrole nitrogens is 2. The van der Waals surface area contributed by atoms with Gasteiger partial charge in [0.1, 0.15) is 10.6 Å². The van der Waals surface area contributed by atoms with E-state index in [1.54, 1.807) is 62.4 Å². The molecule has 0 aliphatic carbocycles. The summed E-state index contributed by atoms with van der Waals surface area (Å²) in [6.07, 6.45) is 0. The molecule has 0 saturated carbocycles. The van der Waals surface area contributed by atoms with Crippen LogP contribution in [-0.4, -0.2) is 53.4 Å². The van der Waals surface area contributed by atoms with Crippen LogP contribution in [0.5, 0.6) is 0 Å². The number of rotatable bonds is 10. The normalized spacial score (nSPS) is 11.6. The number of carbonyl (C=O) groups excluding carboxylic acids is 1. The fourth-order valence-corrected chi connectivity index (χ4v) is 6.50. The predicted molar refractivity (Wildman–Crippen MR) is 206 cm³/mol. The number of halogens is 2. The number of benzene rings is 4. The topological polar surface area (TPSA) is 324 Å². The molecule has 2 heterocycles. The van der Waals surface area contributed by atoms with Crippen molar-refractivity contribution < 1.29 is 59.1 Å². The van der Waals surface area contributed by atoms with E-state index in [1.165, 1.54) is 15.4 Å². The summed E-state index contributed by atoms with van der Waals surface area (Å²) in [7, 11) is -7.96. The van der Waals surface area contributed by atoms with Crippen LogP contribution in [0.4, 0.5) is 22.7 Å². The second-order valence-corrected chi connectivity index (χ2v) is 16.1. The zero-order valence-electron chi connectivity index (χ0n) is 30.2. The van der Waals surface area contributed by atoms with Gasteiger partial charge < -0.3 is 15.0 Å². The Morgan fingerprint density at radius 1 is 0.712 bits per heavy atom. The molecule has 25 heteroatoms. The van der Waals surface area contributed by atoms with Gasteiger partial charge in [-0.15, -0.1) is 20.5 Å². The van der Waals surface area contributed by atoms with E-state index in [1.807, 2.05) is 0 Å². The summed E-state index contributed by atoms with van der Waals surface area (Å²) >= 11 is 11.9. The Kier molecular flexibility index (Phi) is 14.1. The number of aromatic nitrogens is 4. The number of aromatic carboxylic acids is 2. The molecule has 0 aliphatic heterocycles. The van der Waals surface area contributed by atoms with E-state index in [2.05, 4.69) is 35.8 Å². The second kappa shape index (κ2) is 18.3. The van der Waals surface area contributed by atoms with E-state index in [0.29, 0.717) is 32.8 Å². The Balaban J connectivity index is 0.000000256. The molecule has 20 nitrogen and oxygen atoms in total. The molecule has 6 aromatic rings. The van der Waals surface area contributed by atoms with Gasteiger partial charge in [0.15, 0.2) is 11.4 Å². The molecular formula is C34H28Cl2CrN10O10S2. The van der Waals surface area contributed by atoms with Crippen molar-refractivity contribution in [3.63, 3.8) is 0 Å². The summed E-state index contributed by atoms with van der Waals surface area (Å²) in [6.45, 7) is 3.19. The first-order valence-corrected chi connectivity index (χ1v) is 19.9. The van der Waals surface area contributed by atoms with Gasteiger partial charge in [0.2, 0.25) is 10.0 Å². The van der Waals surface area contributed by atoms with E-state index in [9.17, 15) is 46.2 Å². The molecule has 0 fully saturated rings. The molecule has 8 N–H and O–H groups in total. The molecule has 4 aromatic carbocycles. The molecule has 0 bridgehead atoms. The second-order valence-electron chi connectivity index (χ2n) is 11.9. The summed E-state index contributed by atoms with van der Waals surface area (Å²) in [6, 6.07) is 19.4. The largest absolute Gasteiger partial charge is 0.545 e. The number of nitrogens with one attached hydrogen (secondary N) is 2. The number of nitrogens with zero attached hydrogens (tertiary/aromatic N) is 6. The van der Waals surface area contributed by atoms with Crippen molar-refractivity contribution in [2.45, 2.75) is 23.6 Å². The number of carboxylic acids is 2. The van der Waals surface area contributed by atoms with Crippen molar-refractivity contribution in [3.8, 4) is 11.4 Å². The van der Waals surface area contributed by atoms with Crippen LogP contribution >= 0.6 is 23.2 Å². The standard InChI is InChI=1S/2C17H14ClN5O5S.Cr/c2*1-9-15(16(24)23(22-9)11-4-2-3-10(18)7-11)21-20-14-6-5-12(29(19,27)28)8-13(14)17(25)26;/h2*2-8,22H,1H3,(H,25,26)(H2,19,27,28);. The molecule has 0 amide bonds. The first-order chi connectivity index (χ1) is 27.1. The van der Waals surface area contributed by atoms with Crippen LogP contribution in [0.25, 0.3) is 11.4 Å². The van der Waals surface area contributed by atoms with Crippen molar-refractivity contribution in [1.82, 2.24) is 19.6 Å². The van der Waals surface area contributed by atoms with Gasteiger partial charge in [0, 0.05) is 33.0 Å². The van der Waals surface area contributed by atoms with Gasteiger partial charge in [0.05, 0.1) is 44.9 Å². The summed E-state index contributed by atoms with van der Waals surface area (Å²) in [5, 5.41) is 50.5. The zero-order valence-corrected chi connectivity index (χ0v) is 34.6. The summed E-state index contributed by atoms with van der Waals surface area (Å²) < 4.78 is 48.3. The number of carboxylic acid groups (broad SMARTS) is 2. The number of primary sulfonamides is 1. The predicted octanol–water partition coefficient (Wildman–Crippen LogP) is 3.72. The van der Waals surface area contributed by atoms with Crippen LogP contribution in [0.15, 0.2) is 125 Å². The Bertz CT molecular complexity index is 2830. The van der Waals surface area contributed by atoms with Crippen molar-refractivity contribution in [3.05, 3.63) is 138 Å². The molecule has 0 atom stereocenters. The number of sulfonamides is 2. The molecule has 0 saturated heterocycles. The Morgan fingerprint density at radius 3 is 1.53 bits per heavy atom. The third-order valence-corrected chi connectivity index (χ3v) is 10.2. The van der Waals surface area contributed by atoms with Crippen molar-refractivity contribution in [2.75, 3.05) is 0 Å². The third-order valence-electron chi connectivity index (χ3n) is 7.80. The fourth-order valence-electron chi connectivity index (χ4n) is 5.02. The van der Waals surface area contributed by atoms with E-state index in [4.69, 9.17) is 28.3 Å². The summed E-state index contributed by atoms with van der Waals surface area (Å²) in [5.74, 6) is -3.07. The molecule has 6 rings (SSSR count). The summed E-state index contributed by atoms with van der Waals surface area (Å²) in [5.41, 5.74) is -0.658. The average Bonchev–Trinajstić information content (AvgIpc) is 3.60. The Labute approximate surface area is 353 Å². The van der Waals surface area contributed by atoms with E-state index in [0.717, 1.165) is 30.3 Å². The maximum absolute atomic E-state index is 12.7. The zero-order chi connectivity index (χ0) is 42.7. The first-order valence-electron chi connectivity index (χ1n) is 16.0. The molecule has 0 spiro atoms. The molecule has 2 aromatic heterocycles. The Morgan fingerprint density at radius 2 is 1.14 bits per heavy atom. The van der Waals surface area contributed by atoms with Gasteiger partial charge >= 0.3 is 16.0 Å². The average molecular weight is 924 g/mol. The van der Waals surface area contributed by atoms with Crippen molar-refractivity contribution in [1.29, 1.82) is 0 Å². The smallest absolute Gasteiger partial charge is 0.338 e. The van der Waals surface area contributed by atoms with Crippen LogP contribution in [0.2, 0.25) is 10.0 Å². The van der Waals surface area contributed by atoms with Crippen LogP contribution in [0.3, 0.4) is 0 Å². The van der Waals surface area contributed by atoms with E-state index < -0.39 is 53.6 Å². The minimum Gasteiger partial charge on any atom is -0.545 e. The van der Waals surface area contributed by atoms with Gasteiger partial charge in [-0.05, 0) is 86.6 Å². The minimum atomic E-state index is -4.12. The maximum atomic E-state index is 12.7. The van der Waals surface area contributed by atoms with Gasteiger partial charge in [-0.1, -0.05) is 35.3 Å². The van der Waals surface area contributed by atoms with Crippen molar-refractivity contribution in [2.24, 2.45) is 25.6 Å². The minimum absolute atomic E-state index is 0. The van der Waals surface area contributed by atoms with Gasteiger partial charge in [0.25, 0.3) is 11.1 Å². The third kappa shape index (κ3) is 10.7. The number of aromatic amines is 2. The van der Waals surface area contributed by atoms with E-state index >= 15 is 0 Å². The molecule has 0 radical (unpaired) electrons. The van der Waals surface area contributed by atoms with Crippen molar-refractivity contribution >= 4 is 77.9 Å². The first kappa shape index (κ1) is 45.7. The molecule has 59 heavy (non-hydrogen) atoms. The van der Waals surface area contributed by atoms with Gasteiger partial charge in [-0.3, -0.25) is 19.8 Å². The number of hydrogen-bond acceptors (Lipinski definition) is 13. The number of quaternary nitrogens is 1. The van der Waals surface area contributed by atoms with E-state index in [-0.39, 0.29) is 50.6 Å². The number of nitrogens with two attached hydrogens (primary N) is 1. The van der Waals surface area contributed by atoms with Crippen LogP contribution in [-0.2, 0) is 37.4 Å². The molecule has 0 aliphatic rings. The SMILES string of the molecule is Cc1[nH]n(-c2cccc(Cl)c2)c(=O)c1N=Nc1ccc(S(N)(=O)=O)cc1C(=O)[O-].Cc1[nH]n(-c2cccc(Cl)c2)c(=O)c1N=Nc1ccc(S([NH3+])(=O)=O)cc1C(=O)O.[Cr]. The number of aryl methyl sites for hydroxylation is 2.